The number of hydrogen-bond donors (Lipinski definition) is 3. The summed E-state index contributed by atoms with van der Waals surface area (Å²) in [6, 6.07) is 10.5. The third kappa shape index (κ3) is 4.95. The fourth-order valence-corrected chi connectivity index (χ4v) is 4.32. The number of rotatable bonds is 5. The summed E-state index contributed by atoms with van der Waals surface area (Å²) >= 11 is 0. The smallest absolute Gasteiger partial charge is 0.409 e. The Morgan fingerprint density at radius 3 is 2.58 bits per heavy atom. The van der Waals surface area contributed by atoms with Crippen LogP contribution in [0.1, 0.15) is 24.1 Å². The number of sulfone groups is 1. The Balaban J connectivity index is 1.77. The molecule has 1 fully saturated rings. The third-order valence-corrected chi connectivity index (χ3v) is 6.40. The lowest BCUT2D eigenvalue weighted by Gasteiger charge is -2.20. The molecule has 0 unspecified atom stereocenters. The number of carboxylic acid groups (broad SMARTS) is 1. The molecule has 2 aromatic heterocycles. The Hall–Kier alpha value is -3.17. The molecule has 9 heteroatoms. The van der Waals surface area contributed by atoms with Gasteiger partial charge in [-0.25, -0.2) is 18.2 Å². The number of amides is 1. The highest BCUT2D eigenvalue weighted by molar-refractivity contribution is 7.90. The number of ether oxygens (including phenoxy) is 1. The number of pyridine rings is 1. The van der Waals surface area contributed by atoms with Crippen LogP contribution in [0.25, 0.3) is 16.6 Å². The number of carbonyl (C=O) groups is 1. The highest BCUT2D eigenvalue weighted by Crippen LogP contribution is 2.31. The van der Waals surface area contributed by atoms with E-state index in [-0.39, 0.29) is 4.90 Å². The fraction of sp³-hybridized carbons (Fsp3) is 0.273. The van der Waals surface area contributed by atoms with E-state index in [1.807, 2.05) is 6.07 Å². The van der Waals surface area contributed by atoms with Crippen molar-refractivity contribution in [1.29, 1.82) is 0 Å². The van der Waals surface area contributed by atoms with Crippen molar-refractivity contribution in [2.45, 2.75) is 17.7 Å². The number of benzene rings is 1. The van der Waals surface area contributed by atoms with Crippen LogP contribution in [-0.4, -0.2) is 49.1 Å². The highest BCUT2D eigenvalue weighted by Gasteiger charge is 2.17. The Morgan fingerprint density at radius 1 is 1.23 bits per heavy atom. The van der Waals surface area contributed by atoms with Crippen molar-refractivity contribution in [3.05, 3.63) is 59.9 Å². The first-order chi connectivity index (χ1) is 14.8. The first-order valence-corrected chi connectivity index (χ1v) is 11.8. The molecule has 0 aliphatic carbocycles. The Labute approximate surface area is 179 Å². The second-order valence-corrected chi connectivity index (χ2v) is 9.62. The van der Waals surface area contributed by atoms with E-state index >= 15 is 0 Å². The van der Waals surface area contributed by atoms with Crippen LogP contribution < -0.4 is 5.32 Å². The molecule has 3 N–H and O–H groups in total. The van der Waals surface area contributed by atoms with E-state index in [0.29, 0.717) is 30.5 Å². The molecule has 1 aliphatic rings. The summed E-state index contributed by atoms with van der Waals surface area (Å²) in [7, 11) is -3.28. The van der Waals surface area contributed by atoms with Gasteiger partial charge in [-0.2, -0.15) is 0 Å². The number of aromatic nitrogens is 2. The van der Waals surface area contributed by atoms with Crippen molar-refractivity contribution in [1.82, 2.24) is 9.97 Å². The van der Waals surface area contributed by atoms with E-state index in [0.717, 1.165) is 35.1 Å². The van der Waals surface area contributed by atoms with Crippen LogP contribution in [0.2, 0.25) is 0 Å². The standard InChI is InChI=1S/C22H23N3O5S/c1-31(28,29)18-4-2-15(3-5-18)19(10-14-6-8-30-9-7-14)20-12-16-11-17(24-22(26)27)13-23-21(16)25-20/h2-5,10-14,24H,6-9H2,1H3,(H,23,25)(H,26,27). The summed E-state index contributed by atoms with van der Waals surface area (Å²) in [6.45, 7) is 1.42. The summed E-state index contributed by atoms with van der Waals surface area (Å²) in [6.07, 6.45) is 5.51. The van der Waals surface area contributed by atoms with Crippen LogP contribution in [0.4, 0.5) is 10.5 Å². The van der Waals surface area contributed by atoms with Crippen molar-refractivity contribution in [2.75, 3.05) is 24.8 Å². The van der Waals surface area contributed by atoms with Crippen LogP contribution in [-0.2, 0) is 14.6 Å². The van der Waals surface area contributed by atoms with Crippen LogP contribution in [0.5, 0.6) is 0 Å². The van der Waals surface area contributed by atoms with Gasteiger partial charge in [0.1, 0.15) is 5.65 Å². The van der Waals surface area contributed by atoms with Crippen LogP contribution in [0.15, 0.2) is 53.6 Å². The second-order valence-electron chi connectivity index (χ2n) is 7.60. The number of aromatic amines is 1. The van der Waals surface area contributed by atoms with Crippen molar-refractivity contribution in [3.8, 4) is 0 Å². The molecular formula is C22H23N3O5S. The predicted molar refractivity (Wildman–Crippen MR) is 118 cm³/mol. The highest BCUT2D eigenvalue weighted by atomic mass is 32.2. The molecular weight excluding hydrogens is 418 g/mol. The first-order valence-electron chi connectivity index (χ1n) is 9.89. The molecule has 0 saturated carbocycles. The van der Waals surface area contributed by atoms with Crippen LogP contribution >= 0.6 is 0 Å². The Kier molecular flexibility index (Phi) is 5.79. The van der Waals surface area contributed by atoms with Gasteiger partial charge in [0.15, 0.2) is 9.84 Å². The monoisotopic (exact) mass is 441 g/mol. The molecule has 1 saturated heterocycles. The van der Waals surface area contributed by atoms with Gasteiger partial charge >= 0.3 is 6.09 Å². The quantitative estimate of drug-likeness (QED) is 0.552. The van der Waals surface area contributed by atoms with Gasteiger partial charge in [0.2, 0.25) is 0 Å². The summed E-state index contributed by atoms with van der Waals surface area (Å²) in [5.41, 5.74) is 3.68. The molecule has 8 nitrogen and oxygen atoms in total. The van der Waals surface area contributed by atoms with E-state index in [1.54, 1.807) is 30.3 Å². The Bertz CT molecular complexity index is 1240. The maximum Gasteiger partial charge on any atom is 0.409 e. The molecule has 0 atom stereocenters. The molecule has 162 valence electrons. The van der Waals surface area contributed by atoms with Gasteiger partial charge in [-0.15, -0.1) is 0 Å². The predicted octanol–water partition coefficient (Wildman–Crippen LogP) is 3.91. The number of hydrogen-bond acceptors (Lipinski definition) is 5. The van der Waals surface area contributed by atoms with Crippen molar-refractivity contribution in [2.24, 2.45) is 5.92 Å². The van der Waals surface area contributed by atoms with E-state index in [9.17, 15) is 13.2 Å². The minimum atomic E-state index is -3.28. The number of allylic oxidation sites excluding steroid dienone is 1. The fourth-order valence-electron chi connectivity index (χ4n) is 3.69. The van der Waals surface area contributed by atoms with E-state index in [1.165, 1.54) is 12.5 Å². The average molecular weight is 442 g/mol. The molecule has 4 rings (SSSR count). The van der Waals surface area contributed by atoms with Gasteiger partial charge in [0, 0.05) is 36.1 Å². The largest absolute Gasteiger partial charge is 0.465 e. The number of H-pyrrole nitrogens is 1. The summed E-state index contributed by atoms with van der Waals surface area (Å²) in [4.78, 5) is 18.8. The first kappa shape index (κ1) is 21.1. The SMILES string of the molecule is CS(=O)(=O)c1ccc(C(=CC2CCOCC2)c2cc3cc(NC(=O)O)cnc3[nH]2)cc1. The zero-order chi connectivity index (χ0) is 22.0. The topological polar surface area (TPSA) is 121 Å². The minimum absolute atomic E-state index is 0.268. The van der Waals surface area contributed by atoms with Gasteiger partial charge in [-0.3, -0.25) is 5.32 Å². The molecule has 1 aromatic carbocycles. The number of anilines is 1. The zero-order valence-corrected chi connectivity index (χ0v) is 17.8. The van der Waals surface area contributed by atoms with Crippen molar-refractivity contribution in [3.63, 3.8) is 0 Å². The maximum absolute atomic E-state index is 11.8. The van der Waals surface area contributed by atoms with Gasteiger partial charge in [0.05, 0.1) is 16.8 Å². The van der Waals surface area contributed by atoms with E-state index in [4.69, 9.17) is 9.84 Å². The number of fused-ring (bicyclic) bond motifs is 1. The lowest BCUT2D eigenvalue weighted by atomic mass is 9.93. The summed E-state index contributed by atoms with van der Waals surface area (Å²) in [5.74, 6) is 0.335. The van der Waals surface area contributed by atoms with E-state index in [2.05, 4.69) is 21.4 Å². The molecule has 1 amide bonds. The third-order valence-electron chi connectivity index (χ3n) is 5.27. The zero-order valence-electron chi connectivity index (χ0n) is 17.0. The molecule has 0 spiro atoms. The Morgan fingerprint density at radius 2 is 1.94 bits per heavy atom. The molecule has 0 bridgehead atoms. The van der Waals surface area contributed by atoms with Crippen LogP contribution in [0, 0.1) is 5.92 Å². The van der Waals surface area contributed by atoms with Gasteiger partial charge in [-0.05, 0) is 48.6 Å². The number of nitrogens with one attached hydrogen (secondary N) is 2. The van der Waals surface area contributed by atoms with Crippen LogP contribution in [0.3, 0.4) is 0 Å². The van der Waals surface area contributed by atoms with E-state index < -0.39 is 15.9 Å². The second kappa shape index (κ2) is 8.52. The maximum atomic E-state index is 11.8. The lowest BCUT2D eigenvalue weighted by Crippen LogP contribution is -2.14. The van der Waals surface area contributed by atoms with Gasteiger partial charge in [-0.1, -0.05) is 18.2 Å². The summed E-state index contributed by atoms with van der Waals surface area (Å²) in [5, 5.41) is 12.0. The van der Waals surface area contributed by atoms with Crippen molar-refractivity contribution >= 4 is 38.2 Å². The molecule has 1 aliphatic heterocycles. The molecule has 0 radical (unpaired) electrons. The summed E-state index contributed by atoms with van der Waals surface area (Å²) < 4.78 is 29.1. The van der Waals surface area contributed by atoms with Crippen molar-refractivity contribution < 1.29 is 23.1 Å². The average Bonchev–Trinajstić information content (AvgIpc) is 3.15. The lowest BCUT2D eigenvalue weighted by molar-refractivity contribution is 0.0786. The van der Waals surface area contributed by atoms with Gasteiger partial charge < -0.3 is 14.8 Å². The molecule has 3 aromatic rings. The number of nitrogens with zero attached hydrogens (tertiary/aromatic N) is 1. The molecule has 3 heterocycles. The minimum Gasteiger partial charge on any atom is -0.465 e. The molecule has 31 heavy (non-hydrogen) atoms. The van der Waals surface area contributed by atoms with Gasteiger partial charge in [0.25, 0.3) is 0 Å². The normalized spacial score (nSPS) is 15.8.